The summed E-state index contributed by atoms with van der Waals surface area (Å²) in [6.45, 7) is 5.25. The molecule has 1 fully saturated rings. The van der Waals surface area contributed by atoms with Crippen LogP contribution in [0.2, 0.25) is 0 Å². The third-order valence-corrected chi connectivity index (χ3v) is 4.44. The van der Waals surface area contributed by atoms with Gasteiger partial charge in [-0.25, -0.2) is 0 Å². The summed E-state index contributed by atoms with van der Waals surface area (Å²) in [4.78, 5) is 14.6. The van der Waals surface area contributed by atoms with E-state index >= 15 is 0 Å². The van der Waals surface area contributed by atoms with Gasteiger partial charge in [-0.15, -0.1) is 0 Å². The summed E-state index contributed by atoms with van der Waals surface area (Å²) in [6, 6.07) is 8.34. The first-order valence-electron chi connectivity index (χ1n) is 7.31. The fraction of sp³-hybridized carbons (Fsp3) is 0.562. The van der Waals surface area contributed by atoms with Crippen LogP contribution >= 0.6 is 11.8 Å². The lowest BCUT2D eigenvalue weighted by molar-refractivity contribution is 0.0940. The molecule has 0 unspecified atom stereocenters. The van der Waals surface area contributed by atoms with Crippen molar-refractivity contribution in [2.45, 2.75) is 31.6 Å². The molecule has 2 rings (SSSR count). The Balaban J connectivity index is 1.86. The number of rotatable bonds is 6. The SMILES string of the molecule is CSCc1cccc(C(=O)NC[C@H](C)N2CCCC2)c1. The molecule has 0 aromatic heterocycles. The standard InChI is InChI=1S/C16H24N2OS/c1-13(18-8-3-4-9-18)11-17-16(19)15-7-5-6-14(10-15)12-20-2/h5-7,10,13H,3-4,8-9,11-12H2,1-2H3,(H,17,19)/t13-/m0/s1. The fourth-order valence-corrected chi connectivity index (χ4v) is 3.14. The number of likely N-dealkylation sites (tertiary alicyclic amines) is 1. The van der Waals surface area contributed by atoms with Crippen LogP contribution < -0.4 is 5.32 Å². The summed E-state index contributed by atoms with van der Waals surface area (Å²) in [5.41, 5.74) is 1.97. The highest BCUT2D eigenvalue weighted by atomic mass is 32.2. The molecule has 0 bridgehead atoms. The summed E-state index contributed by atoms with van der Waals surface area (Å²) >= 11 is 1.77. The van der Waals surface area contributed by atoms with E-state index in [9.17, 15) is 4.79 Å². The molecule has 1 saturated heterocycles. The van der Waals surface area contributed by atoms with Crippen molar-refractivity contribution in [3.05, 3.63) is 35.4 Å². The van der Waals surface area contributed by atoms with Crippen molar-refractivity contribution >= 4 is 17.7 Å². The molecule has 1 atom stereocenters. The minimum absolute atomic E-state index is 0.0407. The van der Waals surface area contributed by atoms with Crippen molar-refractivity contribution in [2.75, 3.05) is 25.9 Å². The lowest BCUT2D eigenvalue weighted by Gasteiger charge is -2.23. The molecule has 1 aromatic rings. The van der Waals surface area contributed by atoms with Crippen LogP contribution in [0.1, 0.15) is 35.7 Å². The lowest BCUT2D eigenvalue weighted by atomic mass is 10.1. The Labute approximate surface area is 126 Å². The van der Waals surface area contributed by atoms with E-state index in [1.54, 1.807) is 11.8 Å². The van der Waals surface area contributed by atoms with Crippen LogP contribution in [0, 0.1) is 0 Å². The molecule has 1 heterocycles. The van der Waals surface area contributed by atoms with Crippen molar-refractivity contribution < 1.29 is 4.79 Å². The molecule has 20 heavy (non-hydrogen) atoms. The van der Waals surface area contributed by atoms with Gasteiger partial charge in [-0.05, 0) is 56.8 Å². The molecule has 4 heteroatoms. The smallest absolute Gasteiger partial charge is 0.251 e. The van der Waals surface area contributed by atoms with Gasteiger partial charge in [0.1, 0.15) is 0 Å². The van der Waals surface area contributed by atoms with Crippen LogP contribution in [0.25, 0.3) is 0 Å². The second kappa shape index (κ2) is 7.70. The first kappa shape index (κ1) is 15.4. The molecule has 1 aliphatic heterocycles. The molecule has 0 spiro atoms. The van der Waals surface area contributed by atoms with Gasteiger partial charge < -0.3 is 5.32 Å². The number of hydrogen-bond acceptors (Lipinski definition) is 3. The Bertz CT molecular complexity index is 444. The zero-order valence-corrected chi connectivity index (χ0v) is 13.2. The third-order valence-electron chi connectivity index (χ3n) is 3.82. The van der Waals surface area contributed by atoms with E-state index in [0.29, 0.717) is 6.04 Å². The van der Waals surface area contributed by atoms with Crippen molar-refractivity contribution in [2.24, 2.45) is 0 Å². The molecule has 1 amide bonds. The summed E-state index contributed by atoms with van der Waals surface area (Å²) in [5, 5.41) is 3.06. The van der Waals surface area contributed by atoms with E-state index in [4.69, 9.17) is 0 Å². The molecule has 3 nitrogen and oxygen atoms in total. The molecule has 1 aromatic carbocycles. The highest BCUT2D eigenvalue weighted by molar-refractivity contribution is 7.97. The predicted molar refractivity (Wildman–Crippen MR) is 86.3 cm³/mol. The molecule has 1 aliphatic rings. The number of carbonyl (C=O) groups excluding carboxylic acids is 1. The van der Waals surface area contributed by atoms with Gasteiger partial charge in [-0.2, -0.15) is 11.8 Å². The van der Waals surface area contributed by atoms with Crippen LogP contribution in [0.15, 0.2) is 24.3 Å². The Morgan fingerprint density at radius 1 is 1.40 bits per heavy atom. The molecular weight excluding hydrogens is 268 g/mol. The highest BCUT2D eigenvalue weighted by Gasteiger charge is 2.18. The maximum Gasteiger partial charge on any atom is 0.251 e. The summed E-state index contributed by atoms with van der Waals surface area (Å²) < 4.78 is 0. The van der Waals surface area contributed by atoms with Crippen LogP contribution in [0.3, 0.4) is 0 Å². The van der Waals surface area contributed by atoms with E-state index in [-0.39, 0.29) is 5.91 Å². The van der Waals surface area contributed by atoms with Gasteiger partial charge >= 0.3 is 0 Å². The van der Waals surface area contributed by atoms with Gasteiger partial charge in [-0.3, -0.25) is 9.69 Å². The molecule has 0 radical (unpaired) electrons. The average molecular weight is 292 g/mol. The zero-order chi connectivity index (χ0) is 14.4. The summed E-state index contributed by atoms with van der Waals surface area (Å²) in [7, 11) is 0. The Hall–Kier alpha value is -1.00. The van der Waals surface area contributed by atoms with Crippen LogP contribution in [-0.2, 0) is 5.75 Å². The van der Waals surface area contributed by atoms with Crippen LogP contribution in [0.5, 0.6) is 0 Å². The van der Waals surface area contributed by atoms with Gasteiger partial charge in [0.15, 0.2) is 0 Å². The number of benzene rings is 1. The van der Waals surface area contributed by atoms with E-state index in [2.05, 4.69) is 29.5 Å². The Kier molecular flexibility index (Phi) is 5.92. The lowest BCUT2D eigenvalue weighted by Crippen LogP contribution is -2.40. The van der Waals surface area contributed by atoms with Crippen LogP contribution in [0.4, 0.5) is 0 Å². The molecule has 0 saturated carbocycles. The third kappa shape index (κ3) is 4.25. The maximum absolute atomic E-state index is 12.2. The largest absolute Gasteiger partial charge is 0.350 e. The zero-order valence-electron chi connectivity index (χ0n) is 12.4. The number of hydrogen-bond donors (Lipinski definition) is 1. The topological polar surface area (TPSA) is 32.3 Å². The van der Waals surface area contributed by atoms with E-state index in [1.807, 2.05) is 18.2 Å². The number of thioether (sulfide) groups is 1. The molecule has 110 valence electrons. The highest BCUT2D eigenvalue weighted by Crippen LogP contribution is 2.12. The minimum atomic E-state index is 0.0407. The normalized spacial score (nSPS) is 17.1. The number of nitrogens with zero attached hydrogens (tertiary/aromatic N) is 1. The second-order valence-electron chi connectivity index (χ2n) is 5.44. The first-order chi connectivity index (χ1) is 9.70. The average Bonchev–Trinajstić information content (AvgIpc) is 2.99. The number of carbonyl (C=O) groups is 1. The van der Waals surface area contributed by atoms with E-state index < -0.39 is 0 Å². The monoisotopic (exact) mass is 292 g/mol. The summed E-state index contributed by atoms with van der Waals surface area (Å²) in [5.74, 6) is 0.990. The van der Waals surface area contributed by atoms with E-state index in [0.717, 1.165) is 17.9 Å². The van der Waals surface area contributed by atoms with Gasteiger partial charge in [0.25, 0.3) is 5.91 Å². The van der Waals surface area contributed by atoms with E-state index in [1.165, 1.54) is 31.5 Å². The Morgan fingerprint density at radius 3 is 2.85 bits per heavy atom. The first-order valence-corrected chi connectivity index (χ1v) is 8.70. The van der Waals surface area contributed by atoms with Crippen LogP contribution in [-0.4, -0.2) is 42.7 Å². The quantitative estimate of drug-likeness (QED) is 0.875. The van der Waals surface area contributed by atoms with Gasteiger partial charge in [0.2, 0.25) is 0 Å². The van der Waals surface area contributed by atoms with Crippen molar-refractivity contribution in [3.63, 3.8) is 0 Å². The maximum atomic E-state index is 12.2. The summed E-state index contributed by atoms with van der Waals surface area (Å²) in [6.07, 6.45) is 4.65. The van der Waals surface area contributed by atoms with Gasteiger partial charge in [0, 0.05) is 23.9 Å². The predicted octanol–water partition coefficient (Wildman–Crippen LogP) is 2.76. The van der Waals surface area contributed by atoms with Crippen molar-refractivity contribution in [1.29, 1.82) is 0 Å². The van der Waals surface area contributed by atoms with Crippen molar-refractivity contribution in [3.8, 4) is 0 Å². The molecular formula is C16H24N2OS. The molecule has 1 N–H and O–H groups in total. The van der Waals surface area contributed by atoms with Gasteiger partial charge in [0.05, 0.1) is 0 Å². The molecule has 0 aliphatic carbocycles. The van der Waals surface area contributed by atoms with Gasteiger partial charge in [-0.1, -0.05) is 12.1 Å². The number of amides is 1. The minimum Gasteiger partial charge on any atom is -0.350 e. The Morgan fingerprint density at radius 2 is 2.15 bits per heavy atom. The second-order valence-corrected chi connectivity index (χ2v) is 6.30. The fourth-order valence-electron chi connectivity index (χ4n) is 2.62. The number of nitrogens with one attached hydrogen (secondary N) is 1. The van der Waals surface area contributed by atoms with Crippen molar-refractivity contribution in [1.82, 2.24) is 10.2 Å².